The van der Waals surface area contributed by atoms with Crippen molar-refractivity contribution in [2.24, 2.45) is 5.11 Å². The summed E-state index contributed by atoms with van der Waals surface area (Å²) in [5, 5.41) is 5.47. The molecule has 1 saturated heterocycles. The van der Waals surface area contributed by atoms with E-state index in [0.29, 0.717) is 0 Å². The van der Waals surface area contributed by atoms with Gasteiger partial charge in [0.1, 0.15) is 6.04 Å². The van der Waals surface area contributed by atoms with Crippen LogP contribution in [0.5, 0.6) is 0 Å². The van der Waals surface area contributed by atoms with E-state index >= 15 is 0 Å². The molecule has 1 aromatic rings. The van der Waals surface area contributed by atoms with Crippen LogP contribution in [0.3, 0.4) is 0 Å². The number of nitrogens with zero attached hydrogens (tertiary/aromatic N) is 4. The number of amides is 4. The lowest BCUT2D eigenvalue weighted by atomic mass is 10.0. The van der Waals surface area contributed by atoms with Gasteiger partial charge in [-0.3, -0.25) is 33.6 Å². The van der Waals surface area contributed by atoms with Crippen LogP contribution in [0.4, 0.5) is 0 Å². The topological polar surface area (TPSA) is 168 Å². The monoisotopic (exact) mass is 463 g/mol. The van der Waals surface area contributed by atoms with Crippen molar-refractivity contribution in [2.75, 3.05) is 38.7 Å². The lowest BCUT2D eigenvalue weighted by Crippen LogP contribution is -2.54. The lowest BCUT2D eigenvalue weighted by molar-refractivity contribution is -0.136. The number of hydrogen-bond acceptors (Lipinski definition) is 8. The van der Waals surface area contributed by atoms with Crippen LogP contribution in [0.15, 0.2) is 28.2 Å². The van der Waals surface area contributed by atoms with Gasteiger partial charge in [-0.25, -0.2) is 0 Å². The number of carbonyl (C=O) groups is 4. The van der Waals surface area contributed by atoms with Gasteiger partial charge in [0.15, 0.2) is 0 Å². The molecular formula is C19H21N5O7S. The molecule has 2 aliphatic rings. The molecule has 0 bridgehead atoms. The molecule has 0 saturated carbocycles. The Balaban J connectivity index is 1.59. The fourth-order valence-corrected chi connectivity index (χ4v) is 4.53. The molecule has 2 unspecified atom stereocenters. The summed E-state index contributed by atoms with van der Waals surface area (Å²) in [7, 11) is -1.62. The largest absolute Gasteiger partial charge is 0.379 e. The van der Waals surface area contributed by atoms with Crippen LogP contribution in [-0.2, 0) is 29.9 Å². The smallest absolute Gasteiger partial charge is 0.263 e. The summed E-state index contributed by atoms with van der Waals surface area (Å²) in [6.45, 7) is 1.16. The first-order valence-corrected chi connectivity index (χ1v) is 11.2. The zero-order valence-electron chi connectivity index (χ0n) is 17.0. The lowest BCUT2D eigenvalue weighted by Gasteiger charge is -2.27. The molecule has 2 aliphatic heterocycles. The van der Waals surface area contributed by atoms with E-state index in [1.165, 1.54) is 18.2 Å². The molecule has 3 rings (SSSR count). The summed E-state index contributed by atoms with van der Waals surface area (Å²) in [6.07, 6.45) is 0.0719. The highest BCUT2D eigenvalue weighted by Crippen LogP contribution is 2.31. The number of nitrogens with one attached hydrogen (secondary N) is 1. The Bertz CT molecular complexity index is 1010. The first-order valence-electron chi connectivity index (χ1n) is 9.85. The van der Waals surface area contributed by atoms with Gasteiger partial charge in [0.25, 0.3) is 11.8 Å². The molecule has 2 heterocycles. The number of carbonyl (C=O) groups excluding carboxylic acids is 4. The highest BCUT2D eigenvalue weighted by Gasteiger charge is 2.45. The molecule has 0 spiro atoms. The zero-order valence-corrected chi connectivity index (χ0v) is 17.8. The normalized spacial score (nSPS) is 18.9. The van der Waals surface area contributed by atoms with Gasteiger partial charge in [0, 0.05) is 17.9 Å². The quantitative estimate of drug-likeness (QED) is 0.164. The van der Waals surface area contributed by atoms with Crippen LogP contribution in [0.1, 0.15) is 33.6 Å². The fourth-order valence-electron chi connectivity index (χ4n) is 3.39. The molecule has 32 heavy (non-hydrogen) atoms. The van der Waals surface area contributed by atoms with E-state index in [2.05, 4.69) is 15.3 Å². The highest BCUT2D eigenvalue weighted by atomic mass is 32.2. The summed E-state index contributed by atoms with van der Waals surface area (Å²) < 4.78 is 23.4. The van der Waals surface area contributed by atoms with Crippen molar-refractivity contribution in [3.05, 3.63) is 39.8 Å². The maximum atomic E-state index is 13.0. The Morgan fingerprint density at radius 2 is 1.88 bits per heavy atom. The second-order valence-electron chi connectivity index (χ2n) is 6.85. The molecule has 4 amide bonds. The van der Waals surface area contributed by atoms with E-state index in [0.717, 1.165) is 4.90 Å². The molecule has 1 aromatic carbocycles. The fraction of sp³-hybridized carbons (Fsp3) is 0.474. The van der Waals surface area contributed by atoms with Crippen LogP contribution in [0.2, 0.25) is 0 Å². The summed E-state index contributed by atoms with van der Waals surface area (Å²) in [5.74, 6) is -2.40. The molecule has 2 atom stereocenters. The summed E-state index contributed by atoms with van der Waals surface area (Å²) in [5.41, 5.74) is 8.25. The van der Waals surface area contributed by atoms with E-state index in [1.54, 1.807) is 0 Å². The number of imide groups is 2. The van der Waals surface area contributed by atoms with Crippen molar-refractivity contribution in [3.8, 4) is 0 Å². The third kappa shape index (κ3) is 5.19. The number of hydrogen-bond donors (Lipinski definition) is 1. The SMILES string of the molecule is [N-]=[N+]=NCCOCCOCCS(=O)c1cccc2c1C(=O)N(C1CCC(=O)NC1=O)C2=O. The minimum Gasteiger partial charge on any atom is -0.379 e. The summed E-state index contributed by atoms with van der Waals surface area (Å²) in [4.78, 5) is 53.0. The average molecular weight is 463 g/mol. The second-order valence-corrected chi connectivity index (χ2v) is 8.39. The molecular weight excluding hydrogens is 442 g/mol. The van der Waals surface area contributed by atoms with Crippen molar-refractivity contribution in [1.29, 1.82) is 0 Å². The van der Waals surface area contributed by atoms with E-state index in [9.17, 15) is 23.4 Å². The van der Waals surface area contributed by atoms with Crippen LogP contribution in [0, 0.1) is 0 Å². The maximum Gasteiger partial charge on any atom is 0.263 e. The van der Waals surface area contributed by atoms with Crippen LogP contribution in [0.25, 0.3) is 10.4 Å². The number of benzene rings is 1. The number of fused-ring (bicyclic) bond motifs is 1. The maximum absolute atomic E-state index is 13.0. The van der Waals surface area contributed by atoms with Gasteiger partial charge < -0.3 is 9.47 Å². The average Bonchev–Trinajstić information content (AvgIpc) is 3.03. The van der Waals surface area contributed by atoms with Gasteiger partial charge in [-0.15, -0.1) is 0 Å². The Morgan fingerprint density at radius 1 is 1.12 bits per heavy atom. The summed E-state index contributed by atoms with van der Waals surface area (Å²) >= 11 is 0. The summed E-state index contributed by atoms with van der Waals surface area (Å²) in [6, 6.07) is 3.41. The minimum atomic E-state index is -1.62. The standard InChI is InChI=1S/C19H21N5O7S/c20-23-21-6-7-30-8-9-31-10-11-32(29)14-3-1-2-12-16(14)19(28)24(18(12)27)13-4-5-15(25)22-17(13)26/h1-3,13H,4-11H2,(H,22,25,26). The van der Waals surface area contributed by atoms with Crippen molar-refractivity contribution >= 4 is 34.4 Å². The first kappa shape index (κ1) is 23.5. The van der Waals surface area contributed by atoms with E-state index < -0.39 is 40.5 Å². The van der Waals surface area contributed by atoms with Gasteiger partial charge in [0.2, 0.25) is 11.8 Å². The van der Waals surface area contributed by atoms with Crippen LogP contribution >= 0.6 is 0 Å². The van der Waals surface area contributed by atoms with Crippen LogP contribution < -0.4 is 5.32 Å². The molecule has 0 radical (unpaired) electrons. The van der Waals surface area contributed by atoms with E-state index in [1.807, 2.05) is 0 Å². The van der Waals surface area contributed by atoms with Crippen molar-refractivity contribution in [3.63, 3.8) is 0 Å². The number of azide groups is 1. The Labute approximate surface area is 185 Å². The zero-order chi connectivity index (χ0) is 23.1. The minimum absolute atomic E-state index is 0.0157. The Morgan fingerprint density at radius 3 is 2.59 bits per heavy atom. The molecule has 1 N–H and O–H groups in total. The molecule has 13 heteroatoms. The van der Waals surface area contributed by atoms with Gasteiger partial charge in [0.05, 0.1) is 59.0 Å². The van der Waals surface area contributed by atoms with Crippen molar-refractivity contribution < 1.29 is 32.9 Å². The number of rotatable bonds is 11. The van der Waals surface area contributed by atoms with Gasteiger partial charge in [-0.2, -0.15) is 0 Å². The van der Waals surface area contributed by atoms with Crippen molar-refractivity contribution in [1.82, 2.24) is 10.2 Å². The molecule has 0 aliphatic carbocycles. The molecule has 12 nitrogen and oxygen atoms in total. The molecule has 1 fully saturated rings. The third-order valence-electron chi connectivity index (χ3n) is 4.86. The second kappa shape index (κ2) is 11.0. The number of piperidine rings is 1. The Hall–Kier alpha value is -3.12. The van der Waals surface area contributed by atoms with Gasteiger partial charge in [-0.05, 0) is 24.1 Å². The highest BCUT2D eigenvalue weighted by molar-refractivity contribution is 7.85. The number of ether oxygens (including phenoxy) is 2. The molecule has 170 valence electrons. The van der Waals surface area contributed by atoms with E-state index in [4.69, 9.17) is 15.0 Å². The van der Waals surface area contributed by atoms with Gasteiger partial charge >= 0.3 is 0 Å². The third-order valence-corrected chi connectivity index (χ3v) is 6.23. The molecule has 0 aromatic heterocycles. The Kier molecular flexibility index (Phi) is 8.06. The predicted molar refractivity (Wildman–Crippen MR) is 110 cm³/mol. The van der Waals surface area contributed by atoms with Crippen molar-refractivity contribution in [2.45, 2.75) is 23.8 Å². The first-order chi connectivity index (χ1) is 15.5. The van der Waals surface area contributed by atoms with Crippen LogP contribution in [-0.4, -0.2) is 77.5 Å². The van der Waals surface area contributed by atoms with Gasteiger partial charge in [-0.1, -0.05) is 11.2 Å². The van der Waals surface area contributed by atoms with E-state index in [-0.39, 0.29) is 67.6 Å². The predicted octanol–water partition coefficient (Wildman–Crippen LogP) is 0.539.